The van der Waals surface area contributed by atoms with Crippen molar-refractivity contribution in [1.29, 1.82) is 0 Å². The fourth-order valence-corrected chi connectivity index (χ4v) is 4.95. The van der Waals surface area contributed by atoms with Gasteiger partial charge < -0.3 is 15.0 Å². The summed E-state index contributed by atoms with van der Waals surface area (Å²) >= 11 is 0. The molecule has 0 saturated heterocycles. The lowest BCUT2D eigenvalue weighted by Gasteiger charge is -2.17. The Kier molecular flexibility index (Phi) is 6.99. The van der Waals surface area contributed by atoms with Crippen molar-refractivity contribution in [3.8, 4) is 0 Å². The summed E-state index contributed by atoms with van der Waals surface area (Å²) in [5.74, 6) is -0.659. The van der Waals surface area contributed by atoms with Gasteiger partial charge >= 0.3 is 5.97 Å². The van der Waals surface area contributed by atoms with Gasteiger partial charge in [0.05, 0.1) is 17.1 Å². The van der Waals surface area contributed by atoms with E-state index in [2.05, 4.69) is 10.0 Å². The second kappa shape index (κ2) is 9.94. The third-order valence-electron chi connectivity index (χ3n) is 5.75. The molecule has 0 atom stereocenters. The second-order valence-electron chi connectivity index (χ2n) is 8.30. The van der Waals surface area contributed by atoms with E-state index in [0.29, 0.717) is 24.2 Å². The van der Waals surface area contributed by atoms with Gasteiger partial charge in [0, 0.05) is 36.8 Å². The van der Waals surface area contributed by atoms with Gasteiger partial charge in [-0.2, -0.15) is 0 Å². The summed E-state index contributed by atoms with van der Waals surface area (Å²) in [6.07, 6.45) is 2.37. The molecule has 34 heavy (non-hydrogen) atoms. The molecule has 1 saturated carbocycles. The molecule has 0 aromatic heterocycles. The molecule has 0 radical (unpaired) electrons. The van der Waals surface area contributed by atoms with Gasteiger partial charge in [0.15, 0.2) is 0 Å². The lowest BCUT2D eigenvalue weighted by atomic mass is 10.2. The molecule has 1 aliphatic carbocycles. The first-order valence-corrected chi connectivity index (χ1v) is 12.8. The van der Waals surface area contributed by atoms with Crippen molar-refractivity contribution in [3.63, 3.8) is 0 Å². The van der Waals surface area contributed by atoms with Gasteiger partial charge in [-0.05, 0) is 68.1 Å². The molecular formula is C24H27N3O6S. The number of hydrogen-bond donors (Lipinski definition) is 2. The van der Waals surface area contributed by atoms with Crippen molar-refractivity contribution in [1.82, 2.24) is 4.72 Å². The predicted molar refractivity (Wildman–Crippen MR) is 126 cm³/mol. The van der Waals surface area contributed by atoms with Crippen molar-refractivity contribution < 1.29 is 27.5 Å². The number of nitrogens with zero attached hydrogens (tertiary/aromatic N) is 1. The van der Waals surface area contributed by atoms with E-state index in [1.54, 1.807) is 42.2 Å². The molecule has 2 aromatic rings. The van der Waals surface area contributed by atoms with E-state index in [-0.39, 0.29) is 36.3 Å². The average molecular weight is 486 g/mol. The van der Waals surface area contributed by atoms with Crippen molar-refractivity contribution >= 4 is 39.2 Å². The highest BCUT2D eigenvalue weighted by Gasteiger charge is 2.36. The van der Waals surface area contributed by atoms with Crippen LogP contribution >= 0.6 is 0 Å². The molecule has 2 aliphatic rings. The monoisotopic (exact) mass is 485 g/mol. The van der Waals surface area contributed by atoms with Gasteiger partial charge in [0.25, 0.3) is 0 Å². The molecule has 0 spiro atoms. The second-order valence-corrected chi connectivity index (χ2v) is 10.1. The summed E-state index contributed by atoms with van der Waals surface area (Å²) in [5.41, 5.74) is 2.34. The molecule has 0 unspecified atom stereocenters. The molecular weight excluding hydrogens is 458 g/mol. The fourth-order valence-electron chi connectivity index (χ4n) is 3.87. The minimum Gasteiger partial charge on any atom is -0.462 e. The van der Waals surface area contributed by atoms with Crippen molar-refractivity contribution in [2.45, 2.75) is 37.5 Å². The predicted octanol–water partition coefficient (Wildman–Crippen LogP) is 2.47. The highest BCUT2D eigenvalue weighted by molar-refractivity contribution is 7.89. The van der Waals surface area contributed by atoms with Crippen LogP contribution in [0.1, 0.15) is 42.1 Å². The summed E-state index contributed by atoms with van der Waals surface area (Å²) < 4.78 is 32.8. The zero-order valence-electron chi connectivity index (χ0n) is 18.9. The maximum atomic E-state index is 12.7. The Morgan fingerprint density at radius 3 is 2.65 bits per heavy atom. The van der Waals surface area contributed by atoms with Crippen molar-refractivity contribution in [2.75, 3.05) is 29.9 Å². The third-order valence-corrected chi connectivity index (χ3v) is 7.21. The summed E-state index contributed by atoms with van der Waals surface area (Å²) in [4.78, 5) is 38.3. The topological polar surface area (TPSA) is 122 Å². The molecule has 0 bridgehead atoms. The van der Waals surface area contributed by atoms with Crippen molar-refractivity contribution in [2.24, 2.45) is 5.92 Å². The quantitative estimate of drug-likeness (QED) is 0.526. The molecule has 1 heterocycles. The number of carbonyl (C=O) groups excluding carboxylic acids is 3. The molecule has 4 rings (SSSR count). The number of rotatable bonds is 9. The minimum absolute atomic E-state index is 0.0858. The molecule has 2 N–H and O–H groups in total. The number of carbonyl (C=O) groups is 3. The number of nitrogens with one attached hydrogen (secondary N) is 2. The molecule has 1 fully saturated rings. The van der Waals surface area contributed by atoms with E-state index < -0.39 is 21.9 Å². The SMILES string of the molecule is CCOC(=O)c1cccc(NC(=O)CCNS(=O)(=O)c2ccc3c(c2)CCN3C(=O)C2CC2)c1. The third kappa shape index (κ3) is 5.45. The van der Waals surface area contributed by atoms with Gasteiger partial charge in [-0.25, -0.2) is 17.9 Å². The van der Waals surface area contributed by atoms with Crippen LogP contribution in [0.2, 0.25) is 0 Å². The summed E-state index contributed by atoms with van der Waals surface area (Å²) in [6, 6.07) is 11.1. The molecule has 10 heteroatoms. The Morgan fingerprint density at radius 1 is 1.12 bits per heavy atom. The smallest absolute Gasteiger partial charge is 0.338 e. The summed E-state index contributed by atoms with van der Waals surface area (Å²) in [5, 5.41) is 2.65. The number of benzene rings is 2. The Labute approximate surface area is 198 Å². The van der Waals surface area contributed by atoms with E-state index in [9.17, 15) is 22.8 Å². The van der Waals surface area contributed by atoms with Crippen LogP contribution in [-0.4, -0.2) is 45.9 Å². The molecule has 2 amide bonds. The van der Waals surface area contributed by atoms with Gasteiger partial charge in [0.2, 0.25) is 21.8 Å². The van der Waals surface area contributed by atoms with E-state index in [1.807, 2.05) is 0 Å². The van der Waals surface area contributed by atoms with Crippen LogP contribution in [0.3, 0.4) is 0 Å². The number of fused-ring (bicyclic) bond motifs is 1. The average Bonchev–Trinajstić information content (AvgIpc) is 3.57. The van der Waals surface area contributed by atoms with Crippen LogP contribution in [0.15, 0.2) is 47.4 Å². The van der Waals surface area contributed by atoms with E-state index in [4.69, 9.17) is 4.74 Å². The number of hydrogen-bond acceptors (Lipinski definition) is 6. The van der Waals surface area contributed by atoms with Crippen LogP contribution in [0.5, 0.6) is 0 Å². The lowest BCUT2D eigenvalue weighted by Crippen LogP contribution is -2.30. The van der Waals surface area contributed by atoms with E-state index in [0.717, 1.165) is 24.1 Å². The number of sulfonamides is 1. The zero-order chi connectivity index (χ0) is 24.3. The van der Waals surface area contributed by atoms with Gasteiger partial charge in [0.1, 0.15) is 0 Å². The maximum absolute atomic E-state index is 12.7. The largest absolute Gasteiger partial charge is 0.462 e. The van der Waals surface area contributed by atoms with Crippen LogP contribution in [0.25, 0.3) is 0 Å². The van der Waals surface area contributed by atoms with E-state index in [1.165, 1.54) is 12.1 Å². The molecule has 1 aliphatic heterocycles. The van der Waals surface area contributed by atoms with Crippen LogP contribution in [-0.2, 0) is 30.8 Å². The first-order valence-electron chi connectivity index (χ1n) is 11.3. The first kappa shape index (κ1) is 23.9. The fraction of sp³-hybridized carbons (Fsp3) is 0.375. The van der Waals surface area contributed by atoms with Crippen LogP contribution < -0.4 is 14.9 Å². The lowest BCUT2D eigenvalue weighted by molar-refractivity contribution is -0.119. The van der Waals surface area contributed by atoms with Gasteiger partial charge in [-0.3, -0.25) is 9.59 Å². The zero-order valence-corrected chi connectivity index (χ0v) is 19.7. The highest BCUT2D eigenvalue weighted by Crippen LogP contribution is 2.37. The van der Waals surface area contributed by atoms with Gasteiger partial charge in [-0.15, -0.1) is 0 Å². The Morgan fingerprint density at radius 2 is 1.91 bits per heavy atom. The normalized spacial score (nSPS) is 15.0. The number of anilines is 2. The van der Waals surface area contributed by atoms with Crippen molar-refractivity contribution in [3.05, 3.63) is 53.6 Å². The number of amides is 2. The van der Waals surface area contributed by atoms with E-state index >= 15 is 0 Å². The molecule has 2 aromatic carbocycles. The van der Waals surface area contributed by atoms with Crippen LogP contribution in [0, 0.1) is 5.92 Å². The highest BCUT2D eigenvalue weighted by atomic mass is 32.2. The van der Waals surface area contributed by atoms with Crippen LogP contribution in [0.4, 0.5) is 11.4 Å². The summed E-state index contributed by atoms with van der Waals surface area (Å²) in [6.45, 7) is 2.43. The molecule has 180 valence electrons. The Bertz CT molecular complexity index is 1220. The van der Waals surface area contributed by atoms with Gasteiger partial charge in [-0.1, -0.05) is 6.07 Å². The minimum atomic E-state index is -3.81. The number of esters is 1. The standard InChI is InChI=1S/C24H27N3O6S/c1-2-33-24(30)18-4-3-5-19(14-18)26-22(28)10-12-25-34(31,32)20-8-9-21-17(15-20)11-13-27(21)23(29)16-6-7-16/h3-5,8-9,14-16,25H,2,6-7,10-13H2,1H3,(H,26,28). The summed E-state index contributed by atoms with van der Waals surface area (Å²) in [7, 11) is -3.81. The number of ether oxygens (including phenoxy) is 1. The Hall–Kier alpha value is -3.24. The first-order chi connectivity index (χ1) is 16.3. The maximum Gasteiger partial charge on any atom is 0.338 e. The Balaban J connectivity index is 1.31. The molecule has 9 nitrogen and oxygen atoms in total.